The number of nitrogens with one attached hydrogen (secondary N) is 1. The molecule has 0 aliphatic carbocycles. The highest BCUT2D eigenvalue weighted by Crippen LogP contribution is 2.25. The molecule has 4 nitrogen and oxygen atoms in total. The zero-order valence-corrected chi connectivity index (χ0v) is 12.1. The molecule has 5 heteroatoms. The van der Waals surface area contributed by atoms with Crippen LogP contribution in [0, 0.1) is 0 Å². The van der Waals surface area contributed by atoms with E-state index in [0.29, 0.717) is 18.0 Å². The first-order chi connectivity index (χ1) is 9.79. The average Bonchev–Trinajstić information content (AvgIpc) is 2.98. The van der Waals surface area contributed by atoms with Gasteiger partial charge in [0.2, 0.25) is 0 Å². The first kappa shape index (κ1) is 14.4. The molecule has 0 bridgehead atoms. The minimum Gasteiger partial charge on any atom is -0.493 e. The number of thiophene rings is 1. The van der Waals surface area contributed by atoms with E-state index in [1.807, 2.05) is 23.6 Å². The summed E-state index contributed by atoms with van der Waals surface area (Å²) in [5.41, 5.74) is 0. The van der Waals surface area contributed by atoms with Crippen molar-refractivity contribution in [1.82, 2.24) is 5.32 Å². The molecule has 0 atom stereocenters. The van der Waals surface area contributed by atoms with Crippen LogP contribution in [0.4, 0.5) is 0 Å². The number of hydrogen-bond donors (Lipinski definition) is 1. The Balaban J connectivity index is 1.72. The second kappa shape index (κ2) is 7.55. The van der Waals surface area contributed by atoms with E-state index in [4.69, 9.17) is 9.47 Å². The summed E-state index contributed by atoms with van der Waals surface area (Å²) in [6, 6.07) is 11.3. The number of benzene rings is 1. The number of ether oxygens (including phenoxy) is 2. The third-order valence-corrected chi connectivity index (χ3v) is 3.64. The molecule has 2 aromatic rings. The van der Waals surface area contributed by atoms with Gasteiger partial charge in [0.05, 0.1) is 7.11 Å². The molecule has 1 N–H and O–H groups in total. The first-order valence-electron chi connectivity index (χ1n) is 6.34. The molecular formula is C15H17NO3S. The van der Waals surface area contributed by atoms with Gasteiger partial charge < -0.3 is 14.8 Å². The standard InChI is InChI=1S/C15H17NO3S/c1-18-13-6-2-3-7-14(13)19-11-15(17)16-9-8-12-5-4-10-20-12/h2-7,10H,8-9,11H2,1H3,(H,16,17). The van der Waals surface area contributed by atoms with Gasteiger partial charge in [-0.05, 0) is 30.0 Å². The monoisotopic (exact) mass is 291 g/mol. The van der Waals surface area contributed by atoms with Crippen LogP contribution in [0.15, 0.2) is 41.8 Å². The van der Waals surface area contributed by atoms with Gasteiger partial charge in [-0.2, -0.15) is 0 Å². The van der Waals surface area contributed by atoms with Crippen LogP contribution in [0.3, 0.4) is 0 Å². The van der Waals surface area contributed by atoms with Crippen molar-refractivity contribution < 1.29 is 14.3 Å². The second-order valence-corrected chi connectivity index (χ2v) is 5.15. The molecule has 0 unspecified atom stereocenters. The van der Waals surface area contributed by atoms with Crippen molar-refractivity contribution in [3.8, 4) is 11.5 Å². The van der Waals surface area contributed by atoms with E-state index < -0.39 is 0 Å². The summed E-state index contributed by atoms with van der Waals surface area (Å²) in [5, 5.41) is 4.86. The number of rotatable bonds is 7. The number of para-hydroxylation sites is 2. The minimum absolute atomic E-state index is 0.00911. The Hall–Kier alpha value is -2.01. The molecule has 0 spiro atoms. The summed E-state index contributed by atoms with van der Waals surface area (Å²) < 4.78 is 10.6. The van der Waals surface area contributed by atoms with E-state index in [0.717, 1.165) is 6.42 Å². The Morgan fingerprint density at radius 1 is 1.20 bits per heavy atom. The van der Waals surface area contributed by atoms with E-state index >= 15 is 0 Å². The molecular weight excluding hydrogens is 274 g/mol. The highest BCUT2D eigenvalue weighted by Gasteiger charge is 2.06. The number of carbonyl (C=O) groups is 1. The smallest absolute Gasteiger partial charge is 0.257 e. The van der Waals surface area contributed by atoms with Gasteiger partial charge in [0.25, 0.3) is 5.91 Å². The van der Waals surface area contributed by atoms with Crippen LogP contribution in [0.2, 0.25) is 0 Å². The normalized spacial score (nSPS) is 10.1. The molecule has 1 aromatic heterocycles. The quantitative estimate of drug-likeness (QED) is 0.852. The fraction of sp³-hybridized carbons (Fsp3) is 0.267. The maximum Gasteiger partial charge on any atom is 0.257 e. The Kier molecular flexibility index (Phi) is 5.43. The Morgan fingerprint density at radius 2 is 2.00 bits per heavy atom. The predicted molar refractivity (Wildman–Crippen MR) is 79.5 cm³/mol. The summed E-state index contributed by atoms with van der Waals surface area (Å²) in [6.07, 6.45) is 0.845. The van der Waals surface area contributed by atoms with Gasteiger partial charge in [-0.15, -0.1) is 11.3 Å². The van der Waals surface area contributed by atoms with Crippen molar-refractivity contribution in [2.45, 2.75) is 6.42 Å². The van der Waals surface area contributed by atoms with E-state index in [9.17, 15) is 4.79 Å². The van der Waals surface area contributed by atoms with Gasteiger partial charge in [-0.3, -0.25) is 4.79 Å². The summed E-state index contributed by atoms with van der Waals surface area (Å²) in [4.78, 5) is 12.9. The molecule has 2 rings (SSSR count). The van der Waals surface area contributed by atoms with Crippen LogP contribution in [0.1, 0.15) is 4.88 Å². The lowest BCUT2D eigenvalue weighted by Crippen LogP contribution is -2.30. The molecule has 20 heavy (non-hydrogen) atoms. The topological polar surface area (TPSA) is 47.6 Å². The number of methoxy groups -OCH3 is 1. The summed E-state index contributed by atoms with van der Waals surface area (Å²) >= 11 is 1.69. The van der Waals surface area contributed by atoms with Crippen molar-refractivity contribution in [1.29, 1.82) is 0 Å². The van der Waals surface area contributed by atoms with Gasteiger partial charge in [0.15, 0.2) is 18.1 Å². The highest BCUT2D eigenvalue weighted by atomic mass is 32.1. The lowest BCUT2D eigenvalue weighted by molar-refractivity contribution is -0.123. The maximum absolute atomic E-state index is 11.7. The van der Waals surface area contributed by atoms with E-state index in [-0.39, 0.29) is 12.5 Å². The van der Waals surface area contributed by atoms with Crippen molar-refractivity contribution in [2.75, 3.05) is 20.3 Å². The molecule has 1 aromatic carbocycles. The lowest BCUT2D eigenvalue weighted by Gasteiger charge is -2.10. The van der Waals surface area contributed by atoms with Gasteiger partial charge >= 0.3 is 0 Å². The van der Waals surface area contributed by atoms with E-state index in [1.54, 1.807) is 30.6 Å². The summed E-state index contributed by atoms with van der Waals surface area (Å²) in [6.45, 7) is 0.611. The number of hydrogen-bond acceptors (Lipinski definition) is 4. The SMILES string of the molecule is COc1ccccc1OCC(=O)NCCc1cccs1. The van der Waals surface area contributed by atoms with Crippen molar-refractivity contribution >= 4 is 17.2 Å². The lowest BCUT2D eigenvalue weighted by atomic mass is 10.3. The molecule has 0 radical (unpaired) electrons. The van der Waals surface area contributed by atoms with Crippen molar-refractivity contribution in [2.24, 2.45) is 0 Å². The average molecular weight is 291 g/mol. The molecule has 106 valence electrons. The Labute approximate surface area is 122 Å². The Bertz CT molecular complexity index is 540. The zero-order chi connectivity index (χ0) is 14.2. The number of carbonyl (C=O) groups excluding carboxylic acids is 1. The van der Waals surface area contributed by atoms with Crippen molar-refractivity contribution in [3.63, 3.8) is 0 Å². The predicted octanol–water partition coefficient (Wildman–Crippen LogP) is 2.49. The third-order valence-electron chi connectivity index (χ3n) is 2.70. The zero-order valence-electron chi connectivity index (χ0n) is 11.3. The maximum atomic E-state index is 11.7. The molecule has 1 heterocycles. The fourth-order valence-corrected chi connectivity index (χ4v) is 2.42. The van der Waals surface area contributed by atoms with Gasteiger partial charge in [0, 0.05) is 11.4 Å². The minimum atomic E-state index is -0.132. The second-order valence-electron chi connectivity index (χ2n) is 4.12. The van der Waals surface area contributed by atoms with Crippen LogP contribution >= 0.6 is 11.3 Å². The first-order valence-corrected chi connectivity index (χ1v) is 7.22. The van der Waals surface area contributed by atoms with Crippen LogP contribution in [-0.4, -0.2) is 26.2 Å². The van der Waals surface area contributed by atoms with Crippen molar-refractivity contribution in [3.05, 3.63) is 46.7 Å². The summed E-state index contributed by atoms with van der Waals surface area (Å²) in [7, 11) is 1.57. The number of amides is 1. The van der Waals surface area contributed by atoms with Crippen LogP contribution in [-0.2, 0) is 11.2 Å². The van der Waals surface area contributed by atoms with Crippen LogP contribution in [0.5, 0.6) is 11.5 Å². The largest absolute Gasteiger partial charge is 0.493 e. The van der Waals surface area contributed by atoms with Gasteiger partial charge in [-0.25, -0.2) is 0 Å². The Morgan fingerprint density at radius 3 is 2.70 bits per heavy atom. The highest BCUT2D eigenvalue weighted by molar-refractivity contribution is 7.09. The van der Waals surface area contributed by atoms with Gasteiger partial charge in [-0.1, -0.05) is 18.2 Å². The molecule has 1 amide bonds. The molecule has 0 aliphatic heterocycles. The molecule has 0 saturated carbocycles. The van der Waals surface area contributed by atoms with Gasteiger partial charge in [0.1, 0.15) is 0 Å². The third kappa shape index (κ3) is 4.28. The van der Waals surface area contributed by atoms with E-state index in [1.165, 1.54) is 4.88 Å². The van der Waals surface area contributed by atoms with E-state index in [2.05, 4.69) is 11.4 Å². The van der Waals surface area contributed by atoms with Crippen LogP contribution in [0.25, 0.3) is 0 Å². The molecule has 0 fully saturated rings. The fourth-order valence-electron chi connectivity index (χ4n) is 1.71. The van der Waals surface area contributed by atoms with Crippen LogP contribution < -0.4 is 14.8 Å². The summed E-state index contributed by atoms with van der Waals surface area (Å²) in [5.74, 6) is 1.06. The molecule has 0 saturated heterocycles. The molecule has 0 aliphatic rings.